The van der Waals surface area contributed by atoms with Crippen LogP contribution < -0.4 is 5.73 Å². The maximum Gasteiger partial charge on any atom is 0.217 e. The minimum absolute atomic E-state index is 0.154. The second kappa shape index (κ2) is 16.9. The molecule has 0 aliphatic rings. The Balaban J connectivity index is 2.94. The smallest absolute Gasteiger partial charge is 0.217 e. The van der Waals surface area contributed by atoms with Gasteiger partial charge in [0.25, 0.3) is 0 Å². The average Bonchev–Trinajstić information content (AvgIpc) is 2.43. The van der Waals surface area contributed by atoms with Gasteiger partial charge in [-0.25, -0.2) is 0 Å². The molecule has 0 fully saturated rings. The molecule has 0 bridgehead atoms. The van der Waals surface area contributed by atoms with Crippen molar-refractivity contribution in [3.63, 3.8) is 0 Å². The molecule has 2 N–H and O–H groups in total. The molecule has 0 unspecified atom stereocenters. The van der Waals surface area contributed by atoms with E-state index in [1.807, 2.05) is 11.8 Å². The summed E-state index contributed by atoms with van der Waals surface area (Å²) in [6.45, 7) is 0. The van der Waals surface area contributed by atoms with Gasteiger partial charge < -0.3 is 5.73 Å². The van der Waals surface area contributed by atoms with Gasteiger partial charge in [0.05, 0.1) is 0 Å². The predicted molar refractivity (Wildman–Crippen MR) is 92.2 cm³/mol. The number of hydrogen-bond donors (Lipinski definition) is 1. The predicted octanol–water partition coefficient (Wildman–Crippen LogP) is 5.30. The first kappa shape index (κ1) is 19.8. The van der Waals surface area contributed by atoms with Crippen molar-refractivity contribution in [2.75, 3.05) is 12.0 Å². The van der Waals surface area contributed by atoms with Gasteiger partial charge >= 0.3 is 0 Å². The van der Waals surface area contributed by atoms with E-state index in [2.05, 4.69) is 6.26 Å². The van der Waals surface area contributed by atoms with E-state index in [0.717, 1.165) is 6.42 Å². The Morgan fingerprint density at radius 2 is 1.05 bits per heavy atom. The monoisotopic (exact) mass is 301 g/mol. The summed E-state index contributed by atoms with van der Waals surface area (Å²) < 4.78 is 0. The number of primary amides is 1. The summed E-state index contributed by atoms with van der Waals surface area (Å²) >= 11 is 1.96. The van der Waals surface area contributed by atoms with Crippen molar-refractivity contribution in [1.29, 1.82) is 0 Å². The molecule has 3 heteroatoms. The lowest BCUT2D eigenvalue weighted by Crippen LogP contribution is -2.09. The van der Waals surface area contributed by atoms with Crippen LogP contribution in [0, 0.1) is 0 Å². The van der Waals surface area contributed by atoms with E-state index < -0.39 is 0 Å². The first-order valence-electron chi connectivity index (χ1n) is 8.54. The average molecular weight is 302 g/mol. The molecule has 20 heavy (non-hydrogen) atoms. The van der Waals surface area contributed by atoms with Gasteiger partial charge in [-0.2, -0.15) is 11.8 Å². The molecule has 0 heterocycles. The molecule has 2 nitrogen and oxygen atoms in total. The highest BCUT2D eigenvalue weighted by Gasteiger charge is 1.96. The third-order valence-corrected chi connectivity index (χ3v) is 4.47. The Bertz CT molecular complexity index is 209. The first-order chi connectivity index (χ1) is 9.77. The summed E-state index contributed by atoms with van der Waals surface area (Å²) in [5, 5.41) is 0. The normalized spacial score (nSPS) is 10.8. The van der Waals surface area contributed by atoms with E-state index in [0.29, 0.717) is 6.42 Å². The number of unbranched alkanes of at least 4 members (excludes halogenated alkanes) is 12. The summed E-state index contributed by atoms with van der Waals surface area (Å²) in [4.78, 5) is 10.6. The Kier molecular flexibility index (Phi) is 16.7. The fourth-order valence-corrected chi connectivity index (χ4v) is 2.98. The quantitative estimate of drug-likeness (QED) is 0.393. The van der Waals surface area contributed by atoms with Crippen LogP contribution in [0.4, 0.5) is 0 Å². The molecule has 1 amide bonds. The van der Waals surface area contributed by atoms with E-state index in [9.17, 15) is 4.79 Å². The number of hydrogen-bond acceptors (Lipinski definition) is 2. The van der Waals surface area contributed by atoms with E-state index in [-0.39, 0.29) is 5.91 Å². The highest BCUT2D eigenvalue weighted by atomic mass is 32.2. The zero-order valence-corrected chi connectivity index (χ0v) is 14.3. The number of carbonyl (C=O) groups excluding carboxylic acids is 1. The van der Waals surface area contributed by atoms with Crippen molar-refractivity contribution in [2.45, 2.75) is 89.9 Å². The van der Waals surface area contributed by atoms with E-state index >= 15 is 0 Å². The minimum atomic E-state index is -0.154. The summed E-state index contributed by atoms with van der Waals surface area (Å²) in [7, 11) is 0. The van der Waals surface area contributed by atoms with Gasteiger partial charge in [-0.1, -0.05) is 70.6 Å². The molecule has 0 aromatic rings. The van der Waals surface area contributed by atoms with Crippen LogP contribution in [0.2, 0.25) is 0 Å². The summed E-state index contributed by atoms with van der Waals surface area (Å²) in [6, 6.07) is 0. The SMILES string of the molecule is CSCCCCCCCCCCCCCCCC(N)=O. The third-order valence-electron chi connectivity index (χ3n) is 3.77. The molecule has 0 aliphatic carbocycles. The molecule has 0 saturated heterocycles. The molecule has 0 spiro atoms. The second-order valence-corrected chi connectivity index (χ2v) is 6.79. The van der Waals surface area contributed by atoms with Gasteiger partial charge in [0.1, 0.15) is 0 Å². The van der Waals surface area contributed by atoms with Crippen molar-refractivity contribution in [2.24, 2.45) is 5.73 Å². The third kappa shape index (κ3) is 17.8. The van der Waals surface area contributed by atoms with Crippen molar-refractivity contribution in [1.82, 2.24) is 0 Å². The molecule has 0 atom stereocenters. The highest BCUT2D eigenvalue weighted by molar-refractivity contribution is 7.98. The van der Waals surface area contributed by atoms with Crippen molar-refractivity contribution < 1.29 is 4.79 Å². The van der Waals surface area contributed by atoms with Gasteiger partial charge in [-0.05, 0) is 24.9 Å². The maximum absolute atomic E-state index is 10.6. The lowest BCUT2D eigenvalue weighted by Gasteiger charge is -2.03. The van der Waals surface area contributed by atoms with Crippen LogP contribution in [0.15, 0.2) is 0 Å². The van der Waals surface area contributed by atoms with Crippen LogP contribution in [0.5, 0.6) is 0 Å². The van der Waals surface area contributed by atoms with Gasteiger partial charge in [-0.15, -0.1) is 0 Å². The molecular formula is C17H35NOS. The molecule has 0 aromatic heterocycles. The lowest BCUT2D eigenvalue weighted by molar-refractivity contribution is -0.118. The summed E-state index contributed by atoms with van der Waals surface area (Å²) in [5.74, 6) is 1.18. The minimum Gasteiger partial charge on any atom is -0.370 e. The first-order valence-corrected chi connectivity index (χ1v) is 9.94. The fraction of sp³-hybridized carbons (Fsp3) is 0.941. The van der Waals surface area contributed by atoms with Crippen LogP contribution in [0.1, 0.15) is 89.9 Å². The van der Waals surface area contributed by atoms with Crippen LogP contribution >= 0.6 is 11.8 Å². The maximum atomic E-state index is 10.6. The molecule has 0 aliphatic heterocycles. The van der Waals surface area contributed by atoms with Gasteiger partial charge in [0.15, 0.2) is 0 Å². The van der Waals surface area contributed by atoms with Crippen molar-refractivity contribution in [3.8, 4) is 0 Å². The standard InChI is InChI=1S/C17H35NOS/c1-20-16-14-12-10-8-6-4-2-3-5-7-9-11-13-15-17(18)19/h2-16H2,1H3,(H2,18,19). The van der Waals surface area contributed by atoms with Crippen LogP contribution in [-0.2, 0) is 4.79 Å². The zero-order chi connectivity index (χ0) is 14.9. The Morgan fingerprint density at radius 1 is 0.700 bits per heavy atom. The Labute approximate surface area is 130 Å². The highest BCUT2D eigenvalue weighted by Crippen LogP contribution is 2.13. The molecule has 0 aromatic carbocycles. The van der Waals surface area contributed by atoms with E-state index in [1.165, 1.54) is 82.8 Å². The molecule has 0 rings (SSSR count). The number of nitrogens with two attached hydrogens (primary N) is 1. The van der Waals surface area contributed by atoms with E-state index in [4.69, 9.17) is 5.73 Å². The van der Waals surface area contributed by atoms with Gasteiger partial charge in [0.2, 0.25) is 5.91 Å². The molecule has 0 radical (unpaired) electrons. The topological polar surface area (TPSA) is 43.1 Å². The number of rotatable bonds is 16. The largest absolute Gasteiger partial charge is 0.370 e. The number of carbonyl (C=O) groups is 1. The van der Waals surface area contributed by atoms with Gasteiger partial charge in [-0.3, -0.25) is 4.79 Å². The molecule has 0 saturated carbocycles. The molecule has 120 valence electrons. The lowest BCUT2D eigenvalue weighted by atomic mass is 10.0. The fourth-order valence-electron chi connectivity index (χ4n) is 2.49. The summed E-state index contributed by atoms with van der Waals surface area (Å²) in [5.41, 5.74) is 5.11. The number of thioether (sulfide) groups is 1. The van der Waals surface area contributed by atoms with Crippen LogP contribution in [0.3, 0.4) is 0 Å². The number of amides is 1. The Morgan fingerprint density at radius 3 is 1.40 bits per heavy atom. The second-order valence-electron chi connectivity index (χ2n) is 5.81. The molecular weight excluding hydrogens is 266 g/mol. The van der Waals surface area contributed by atoms with E-state index in [1.54, 1.807) is 0 Å². The summed E-state index contributed by atoms with van der Waals surface area (Å²) in [6.07, 6.45) is 20.2. The van der Waals surface area contributed by atoms with Crippen molar-refractivity contribution >= 4 is 17.7 Å². The zero-order valence-electron chi connectivity index (χ0n) is 13.5. The Hall–Kier alpha value is -0.180. The van der Waals surface area contributed by atoms with Crippen LogP contribution in [0.25, 0.3) is 0 Å². The van der Waals surface area contributed by atoms with Crippen molar-refractivity contribution in [3.05, 3.63) is 0 Å². The van der Waals surface area contributed by atoms with Crippen LogP contribution in [-0.4, -0.2) is 17.9 Å². The van der Waals surface area contributed by atoms with Gasteiger partial charge in [0, 0.05) is 6.42 Å².